The van der Waals surface area contributed by atoms with Crippen molar-refractivity contribution in [2.45, 2.75) is 0 Å². The third kappa shape index (κ3) is 1.09. The lowest BCUT2D eigenvalue weighted by atomic mass is 10.3. The van der Waals surface area contributed by atoms with Crippen LogP contribution in [0.2, 0.25) is 0 Å². The van der Waals surface area contributed by atoms with Gasteiger partial charge in [0.2, 0.25) is 0 Å². The Morgan fingerprint density at radius 1 is 1.33 bits per heavy atom. The summed E-state index contributed by atoms with van der Waals surface area (Å²) in [6.07, 6.45) is 5.70. The Bertz CT molecular complexity index is 368. The fourth-order valence-electron chi connectivity index (χ4n) is 1.02. The van der Waals surface area contributed by atoms with Crippen molar-refractivity contribution in [3.05, 3.63) is 48.8 Å². The third-order valence-electron chi connectivity index (χ3n) is 1.58. The predicted octanol–water partition coefficient (Wildman–Crippen LogP) is 1.81. The predicted molar refractivity (Wildman–Crippen MR) is 42.4 cm³/mol. The summed E-state index contributed by atoms with van der Waals surface area (Å²) in [5.74, 6) is -0.260. The van der Waals surface area contributed by atoms with Crippen molar-refractivity contribution in [2.24, 2.45) is 0 Å². The zero-order chi connectivity index (χ0) is 8.39. The second kappa shape index (κ2) is 2.77. The second-order valence-electron chi connectivity index (χ2n) is 2.36. The summed E-state index contributed by atoms with van der Waals surface area (Å²) in [5, 5.41) is 0. The molecule has 0 atom stereocenters. The van der Waals surface area contributed by atoms with E-state index in [1.165, 1.54) is 12.4 Å². The van der Waals surface area contributed by atoms with Crippen LogP contribution in [0, 0.1) is 12.0 Å². The molecule has 0 bridgehead atoms. The average molecular weight is 161 g/mol. The fraction of sp³-hybridized carbons (Fsp3) is 0. The van der Waals surface area contributed by atoms with Crippen LogP contribution < -0.4 is 0 Å². The van der Waals surface area contributed by atoms with Gasteiger partial charge in [-0.3, -0.25) is 0 Å². The third-order valence-corrected chi connectivity index (χ3v) is 1.58. The number of para-hydroxylation sites is 1. The van der Waals surface area contributed by atoms with Crippen molar-refractivity contribution in [1.82, 2.24) is 9.55 Å². The number of halogens is 1. The van der Waals surface area contributed by atoms with Crippen LogP contribution in [0.4, 0.5) is 4.39 Å². The first kappa shape index (κ1) is 7.03. The average Bonchev–Trinajstić information content (AvgIpc) is 2.57. The molecule has 0 unspecified atom stereocenters. The second-order valence-corrected chi connectivity index (χ2v) is 2.36. The molecule has 2 aromatic rings. The monoisotopic (exact) mass is 161 g/mol. The van der Waals surface area contributed by atoms with Crippen LogP contribution in [0.3, 0.4) is 0 Å². The molecule has 2 nitrogen and oxygen atoms in total. The molecule has 1 aromatic heterocycles. The highest BCUT2D eigenvalue weighted by molar-refractivity contribution is 5.32. The molecule has 12 heavy (non-hydrogen) atoms. The number of benzene rings is 1. The Morgan fingerprint density at radius 3 is 2.83 bits per heavy atom. The van der Waals surface area contributed by atoms with Gasteiger partial charge in [-0.2, -0.15) is 0 Å². The van der Waals surface area contributed by atoms with Crippen LogP contribution in [-0.2, 0) is 0 Å². The Labute approximate surface area is 69.3 Å². The maximum Gasteiger partial charge on any atom is 0.147 e. The summed E-state index contributed by atoms with van der Waals surface area (Å²) in [5.41, 5.74) is 0.492. The number of nitrogens with zero attached hydrogens (tertiary/aromatic N) is 2. The molecule has 2 rings (SSSR count). The number of hydrogen-bond acceptors (Lipinski definition) is 1. The minimum Gasteiger partial charge on any atom is -0.303 e. The van der Waals surface area contributed by atoms with E-state index in [2.05, 4.69) is 11.2 Å². The van der Waals surface area contributed by atoms with E-state index in [4.69, 9.17) is 0 Å². The normalized spacial score (nSPS) is 10.1. The van der Waals surface area contributed by atoms with Crippen molar-refractivity contribution in [2.75, 3.05) is 0 Å². The van der Waals surface area contributed by atoms with E-state index in [0.29, 0.717) is 5.69 Å². The zero-order valence-corrected chi connectivity index (χ0v) is 6.24. The highest BCUT2D eigenvalue weighted by Gasteiger charge is 2.00. The van der Waals surface area contributed by atoms with Gasteiger partial charge in [-0.1, -0.05) is 12.1 Å². The van der Waals surface area contributed by atoms with Gasteiger partial charge in [-0.15, -0.1) is 0 Å². The quantitative estimate of drug-likeness (QED) is 0.623. The Balaban J connectivity index is 2.55. The van der Waals surface area contributed by atoms with Crippen molar-refractivity contribution in [3.63, 3.8) is 0 Å². The standard InChI is InChI=1S/C9H6FN2/c10-8-3-1-2-4-9(8)12-6-5-11-7-12/h1-4,6-7H. The van der Waals surface area contributed by atoms with Gasteiger partial charge in [0.1, 0.15) is 18.3 Å². The summed E-state index contributed by atoms with van der Waals surface area (Å²) in [7, 11) is 0. The summed E-state index contributed by atoms with van der Waals surface area (Å²) in [6.45, 7) is 0. The minimum absolute atomic E-state index is 0.260. The summed E-state index contributed by atoms with van der Waals surface area (Å²) in [4.78, 5) is 3.71. The van der Waals surface area contributed by atoms with E-state index in [0.717, 1.165) is 0 Å². The van der Waals surface area contributed by atoms with Crippen LogP contribution in [-0.4, -0.2) is 9.55 Å². The van der Waals surface area contributed by atoms with Gasteiger partial charge < -0.3 is 4.57 Å². The maximum absolute atomic E-state index is 13.1. The van der Waals surface area contributed by atoms with Gasteiger partial charge in [-0.05, 0) is 12.1 Å². The molecule has 1 radical (unpaired) electrons. The number of aromatic nitrogens is 2. The lowest BCUT2D eigenvalue weighted by Crippen LogP contribution is -1.92. The van der Waals surface area contributed by atoms with Gasteiger partial charge >= 0.3 is 0 Å². The SMILES string of the molecule is Fc1ccccc1-n1c[c]nc1. The first-order valence-corrected chi connectivity index (χ1v) is 3.53. The molecule has 0 aliphatic rings. The molecule has 0 aliphatic heterocycles. The van der Waals surface area contributed by atoms with E-state index in [1.54, 1.807) is 29.0 Å². The Morgan fingerprint density at radius 2 is 2.17 bits per heavy atom. The first-order chi connectivity index (χ1) is 5.88. The molecule has 0 N–H and O–H groups in total. The van der Waals surface area contributed by atoms with Crippen molar-refractivity contribution >= 4 is 0 Å². The topological polar surface area (TPSA) is 17.8 Å². The lowest BCUT2D eigenvalue weighted by Gasteiger charge is -2.01. The van der Waals surface area contributed by atoms with Crippen LogP contribution in [0.15, 0.2) is 36.8 Å². The fourth-order valence-corrected chi connectivity index (χ4v) is 1.02. The van der Waals surface area contributed by atoms with E-state index in [-0.39, 0.29) is 5.82 Å². The molecule has 0 amide bonds. The van der Waals surface area contributed by atoms with E-state index >= 15 is 0 Å². The van der Waals surface area contributed by atoms with Gasteiger partial charge in [0, 0.05) is 6.20 Å². The highest BCUT2D eigenvalue weighted by atomic mass is 19.1. The maximum atomic E-state index is 13.1. The molecule has 1 heterocycles. The van der Waals surface area contributed by atoms with Crippen molar-refractivity contribution in [3.8, 4) is 5.69 Å². The molecule has 59 valence electrons. The molecule has 1 aromatic carbocycles. The van der Waals surface area contributed by atoms with E-state index in [1.807, 2.05) is 0 Å². The number of rotatable bonds is 1. The zero-order valence-electron chi connectivity index (χ0n) is 6.24. The molecule has 0 aliphatic carbocycles. The minimum atomic E-state index is -0.260. The Hall–Kier alpha value is -1.64. The first-order valence-electron chi connectivity index (χ1n) is 3.53. The van der Waals surface area contributed by atoms with Gasteiger partial charge in [0.25, 0.3) is 0 Å². The molecular formula is C9H6FN2. The van der Waals surface area contributed by atoms with Gasteiger partial charge in [-0.25, -0.2) is 9.37 Å². The summed E-state index contributed by atoms with van der Waals surface area (Å²) in [6, 6.07) is 6.53. The number of hydrogen-bond donors (Lipinski definition) is 0. The highest BCUT2D eigenvalue weighted by Crippen LogP contribution is 2.10. The van der Waals surface area contributed by atoms with Crippen LogP contribution in [0.25, 0.3) is 5.69 Å². The van der Waals surface area contributed by atoms with E-state index in [9.17, 15) is 4.39 Å². The van der Waals surface area contributed by atoms with E-state index < -0.39 is 0 Å². The number of imidazole rings is 1. The van der Waals surface area contributed by atoms with Crippen LogP contribution in [0.5, 0.6) is 0 Å². The molecule has 0 saturated carbocycles. The van der Waals surface area contributed by atoms with Crippen molar-refractivity contribution in [1.29, 1.82) is 0 Å². The van der Waals surface area contributed by atoms with Crippen molar-refractivity contribution < 1.29 is 4.39 Å². The summed E-state index contributed by atoms with van der Waals surface area (Å²) >= 11 is 0. The van der Waals surface area contributed by atoms with Gasteiger partial charge in [0.15, 0.2) is 0 Å². The van der Waals surface area contributed by atoms with Gasteiger partial charge in [0.05, 0.1) is 5.69 Å². The van der Waals surface area contributed by atoms with Crippen LogP contribution >= 0.6 is 0 Å². The smallest absolute Gasteiger partial charge is 0.147 e. The molecule has 3 heteroatoms. The largest absolute Gasteiger partial charge is 0.303 e. The Kier molecular flexibility index (Phi) is 1.63. The summed E-state index contributed by atoms with van der Waals surface area (Å²) < 4.78 is 14.7. The lowest BCUT2D eigenvalue weighted by molar-refractivity contribution is 0.618. The molecule has 0 spiro atoms. The molecule has 0 saturated heterocycles. The molecular weight excluding hydrogens is 155 g/mol. The molecule has 0 fully saturated rings. The van der Waals surface area contributed by atoms with Crippen LogP contribution in [0.1, 0.15) is 0 Å².